The molecule has 4 heterocycles. The van der Waals surface area contributed by atoms with Crippen LogP contribution in [0.4, 0.5) is 5.13 Å². The van der Waals surface area contributed by atoms with Crippen molar-refractivity contribution in [3.05, 3.63) is 76.8 Å². The smallest absolute Gasteiger partial charge is 0.184 e. The first kappa shape index (κ1) is 24.8. The van der Waals surface area contributed by atoms with Crippen LogP contribution in [0.3, 0.4) is 0 Å². The van der Waals surface area contributed by atoms with Crippen molar-refractivity contribution in [2.45, 2.75) is 41.0 Å². The second-order valence-electron chi connectivity index (χ2n) is 8.64. The molecule has 2 fully saturated rings. The van der Waals surface area contributed by atoms with Gasteiger partial charge in [0.05, 0.1) is 12.8 Å². The summed E-state index contributed by atoms with van der Waals surface area (Å²) in [5.41, 5.74) is 7.69. The fourth-order valence-electron chi connectivity index (χ4n) is 4.61. The number of nitrogens with two attached hydrogens (primary N) is 1. The van der Waals surface area contributed by atoms with Gasteiger partial charge in [0, 0.05) is 28.0 Å². The molecule has 12 heteroatoms. The Morgan fingerprint density at radius 2 is 2.00 bits per heavy atom. The topological polar surface area (TPSA) is 107 Å². The monoisotopic (exact) mass is 557 g/mol. The van der Waals surface area contributed by atoms with Gasteiger partial charge in [-0.05, 0) is 18.2 Å². The molecular weight excluding hydrogens is 534 g/mol. The second kappa shape index (κ2) is 10.7. The Morgan fingerprint density at radius 3 is 2.76 bits per heavy atom. The van der Waals surface area contributed by atoms with Crippen LogP contribution in [0.1, 0.15) is 17.9 Å². The Kier molecular flexibility index (Phi) is 7.17. The zero-order chi connectivity index (χ0) is 25.4. The number of rotatable bonds is 6. The maximum Gasteiger partial charge on any atom is 0.184 e. The molecule has 4 aromatic rings. The van der Waals surface area contributed by atoms with Crippen LogP contribution in [-0.2, 0) is 18.9 Å². The molecule has 0 saturated carbocycles. The van der Waals surface area contributed by atoms with Gasteiger partial charge in [0.15, 0.2) is 11.4 Å². The molecule has 2 aliphatic rings. The lowest BCUT2D eigenvalue weighted by Crippen LogP contribution is -2.59. The van der Waals surface area contributed by atoms with Gasteiger partial charge in [-0.1, -0.05) is 65.0 Å². The molecule has 2 aromatic carbocycles. The van der Waals surface area contributed by atoms with Gasteiger partial charge in [0.1, 0.15) is 41.2 Å². The van der Waals surface area contributed by atoms with Gasteiger partial charge >= 0.3 is 0 Å². The van der Waals surface area contributed by atoms with Crippen molar-refractivity contribution in [3.63, 3.8) is 0 Å². The summed E-state index contributed by atoms with van der Waals surface area (Å²) < 4.78 is 27.0. The van der Waals surface area contributed by atoms with Gasteiger partial charge < -0.3 is 24.7 Å². The minimum Gasteiger partial charge on any atom is -0.375 e. The van der Waals surface area contributed by atoms with Crippen LogP contribution in [0, 0.1) is 0 Å². The highest BCUT2D eigenvalue weighted by atomic mass is 35.5. The van der Waals surface area contributed by atoms with Crippen LogP contribution in [-0.4, -0.2) is 57.4 Å². The molecule has 2 aromatic heterocycles. The normalized spacial score (nSPS) is 27.6. The molecule has 0 bridgehead atoms. The number of thiazole rings is 1. The predicted octanol–water partition coefficient (Wildman–Crippen LogP) is 4.82. The summed E-state index contributed by atoms with van der Waals surface area (Å²) >= 11 is 9.14. The maximum absolute atomic E-state index is 6.53. The van der Waals surface area contributed by atoms with Crippen molar-refractivity contribution in [1.29, 1.82) is 0 Å². The average Bonchev–Trinajstić information content (AvgIpc) is 3.57. The number of thioether (sulfide) groups is 1. The Balaban J connectivity index is 1.35. The highest BCUT2D eigenvalue weighted by Crippen LogP contribution is 2.44. The number of methoxy groups -OCH3 is 1. The lowest BCUT2D eigenvalue weighted by atomic mass is 9.95. The third-order valence-corrected chi connectivity index (χ3v) is 8.35. The van der Waals surface area contributed by atoms with E-state index in [-0.39, 0.29) is 17.6 Å². The van der Waals surface area contributed by atoms with Crippen LogP contribution in [0.5, 0.6) is 0 Å². The Bertz CT molecular complexity index is 1360. The molecular formula is C25H24ClN5O4S2. The molecule has 2 aliphatic heterocycles. The molecule has 37 heavy (non-hydrogen) atoms. The maximum atomic E-state index is 6.53. The lowest BCUT2D eigenvalue weighted by molar-refractivity contribution is -0.308. The third kappa shape index (κ3) is 5.13. The molecule has 2 N–H and O–H groups in total. The summed E-state index contributed by atoms with van der Waals surface area (Å²) in [6, 6.07) is 17.1. The Morgan fingerprint density at radius 1 is 1.14 bits per heavy atom. The first-order valence-electron chi connectivity index (χ1n) is 11.6. The zero-order valence-corrected chi connectivity index (χ0v) is 22.1. The first-order valence-corrected chi connectivity index (χ1v) is 13.8. The second-order valence-corrected chi connectivity index (χ2v) is 11.1. The number of ether oxygens (including phenoxy) is 4. The SMILES string of the molecule is COC1C(n2cc(-c3csc(N)n3)nn2)[C@H]2OC(c3ccccc3)OCC2O[C@@H]1Sc1cccc(Cl)c1. The number of anilines is 1. The average molecular weight is 558 g/mol. The molecule has 0 aliphatic carbocycles. The van der Waals surface area contributed by atoms with Crippen LogP contribution in [0.2, 0.25) is 5.02 Å². The minimum absolute atomic E-state index is 0.351. The van der Waals surface area contributed by atoms with Crippen molar-refractivity contribution in [1.82, 2.24) is 20.0 Å². The molecule has 6 atom stereocenters. The fourth-order valence-corrected chi connectivity index (χ4v) is 6.65. The lowest BCUT2D eigenvalue weighted by Gasteiger charge is -2.48. The number of nitrogens with zero attached hydrogens (tertiary/aromatic N) is 4. The fraction of sp³-hybridized carbons (Fsp3) is 0.320. The van der Waals surface area contributed by atoms with Crippen LogP contribution in [0.25, 0.3) is 11.4 Å². The molecule has 192 valence electrons. The molecule has 2 saturated heterocycles. The van der Waals surface area contributed by atoms with Gasteiger partial charge in [0.2, 0.25) is 0 Å². The van der Waals surface area contributed by atoms with E-state index in [1.165, 1.54) is 23.1 Å². The van der Waals surface area contributed by atoms with Gasteiger partial charge in [-0.15, -0.1) is 16.4 Å². The molecule has 6 rings (SSSR count). The van der Waals surface area contributed by atoms with E-state index in [0.717, 1.165) is 10.5 Å². The molecule has 0 radical (unpaired) electrons. The van der Waals surface area contributed by atoms with Crippen LogP contribution >= 0.6 is 34.7 Å². The number of fused-ring (bicyclic) bond motifs is 1. The first-order chi connectivity index (χ1) is 18.1. The Hall–Kier alpha value is -2.51. The van der Waals surface area contributed by atoms with E-state index < -0.39 is 18.5 Å². The number of hydrogen-bond acceptors (Lipinski definition) is 10. The standard InChI is InChI=1S/C25H24ClN5O4S2/c1-32-22-20(31-11-17(29-30-31)18-13-36-25(27)28-18)21-19(12-33-23(35-21)14-6-3-2-4-7-14)34-24(22)37-16-9-5-8-15(26)10-16/h2-11,13,19-24H,12H2,1H3,(H2,27,28)/t19?,20?,21-,22?,23?,24+/m0/s1. The summed E-state index contributed by atoms with van der Waals surface area (Å²) in [7, 11) is 1.67. The van der Waals surface area contributed by atoms with Crippen molar-refractivity contribution in [3.8, 4) is 11.4 Å². The minimum atomic E-state index is -0.537. The van der Waals surface area contributed by atoms with Gasteiger partial charge in [-0.25, -0.2) is 9.67 Å². The summed E-state index contributed by atoms with van der Waals surface area (Å²) in [5, 5.41) is 11.8. The summed E-state index contributed by atoms with van der Waals surface area (Å²) in [4.78, 5) is 5.31. The third-order valence-electron chi connectivity index (χ3n) is 6.30. The number of aromatic nitrogens is 4. The molecule has 0 amide bonds. The predicted molar refractivity (Wildman–Crippen MR) is 141 cm³/mol. The largest absolute Gasteiger partial charge is 0.375 e. The highest BCUT2D eigenvalue weighted by molar-refractivity contribution is 7.99. The van der Waals surface area contributed by atoms with Crippen molar-refractivity contribution in [2.75, 3.05) is 19.5 Å². The van der Waals surface area contributed by atoms with Gasteiger partial charge in [-0.2, -0.15) is 0 Å². The summed E-state index contributed by atoms with van der Waals surface area (Å²) in [6.07, 6.45) is 0.135. The number of benzene rings is 2. The summed E-state index contributed by atoms with van der Waals surface area (Å²) in [5.74, 6) is 0. The van der Waals surface area contributed by atoms with E-state index in [4.69, 9.17) is 36.3 Å². The van der Waals surface area contributed by atoms with E-state index in [1.807, 2.05) is 66.2 Å². The quantitative estimate of drug-likeness (QED) is 0.357. The van der Waals surface area contributed by atoms with Crippen molar-refractivity contribution in [2.24, 2.45) is 0 Å². The molecule has 0 spiro atoms. The van der Waals surface area contributed by atoms with Crippen molar-refractivity contribution >= 4 is 39.8 Å². The van der Waals surface area contributed by atoms with E-state index in [1.54, 1.807) is 11.8 Å². The van der Waals surface area contributed by atoms with E-state index in [9.17, 15) is 0 Å². The Labute approximate surface area is 226 Å². The van der Waals surface area contributed by atoms with Gasteiger partial charge in [-0.3, -0.25) is 0 Å². The number of hydrogen-bond donors (Lipinski definition) is 1. The number of nitrogen functional groups attached to an aromatic ring is 1. The molecule has 9 nitrogen and oxygen atoms in total. The van der Waals surface area contributed by atoms with Crippen LogP contribution in [0.15, 0.2) is 71.1 Å². The van der Waals surface area contributed by atoms with E-state index in [0.29, 0.717) is 28.1 Å². The van der Waals surface area contributed by atoms with E-state index in [2.05, 4.69) is 15.3 Å². The summed E-state index contributed by atoms with van der Waals surface area (Å²) in [6.45, 7) is 0.355. The van der Waals surface area contributed by atoms with Gasteiger partial charge in [0.25, 0.3) is 0 Å². The highest BCUT2D eigenvalue weighted by Gasteiger charge is 2.52. The van der Waals surface area contributed by atoms with Crippen molar-refractivity contribution < 1.29 is 18.9 Å². The molecule has 4 unspecified atom stereocenters. The number of halogens is 1. The zero-order valence-electron chi connectivity index (χ0n) is 19.7. The van der Waals surface area contributed by atoms with E-state index >= 15 is 0 Å². The van der Waals surface area contributed by atoms with Crippen LogP contribution < -0.4 is 5.73 Å².